The average molecular weight is 331 g/mol. The number of hydrogen-bond acceptors (Lipinski definition) is 4. The standard InChI is InChI=1S/C17H21N3O4/c1-24-14-5-2-12(3-6-14)4-7-15(21)19-9-8-13(11-19)20-16(22)10-18-17(20)23/h2-3,5-6,13H,4,7-11H2,1H3,(H,18,23). The Morgan fingerprint density at radius 1 is 1.29 bits per heavy atom. The molecule has 128 valence electrons. The van der Waals surface area contributed by atoms with Crippen LogP contribution in [0.15, 0.2) is 24.3 Å². The molecule has 7 nitrogen and oxygen atoms in total. The van der Waals surface area contributed by atoms with Crippen molar-refractivity contribution in [2.75, 3.05) is 26.7 Å². The summed E-state index contributed by atoms with van der Waals surface area (Å²) in [7, 11) is 1.62. The summed E-state index contributed by atoms with van der Waals surface area (Å²) in [5, 5.41) is 2.52. The van der Waals surface area contributed by atoms with E-state index in [-0.39, 0.29) is 30.4 Å². The predicted molar refractivity (Wildman–Crippen MR) is 86.5 cm³/mol. The molecule has 24 heavy (non-hydrogen) atoms. The smallest absolute Gasteiger partial charge is 0.324 e. The molecule has 0 spiro atoms. The fourth-order valence-corrected chi connectivity index (χ4v) is 3.18. The molecular formula is C17H21N3O4. The topological polar surface area (TPSA) is 79.0 Å². The number of imide groups is 1. The Morgan fingerprint density at radius 3 is 2.67 bits per heavy atom. The van der Waals surface area contributed by atoms with Crippen molar-refractivity contribution in [3.05, 3.63) is 29.8 Å². The van der Waals surface area contributed by atoms with Gasteiger partial charge in [0.25, 0.3) is 0 Å². The normalized spacial score (nSPS) is 20.5. The number of rotatable bonds is 5. The summed E-state index contributed by atoms with van der Waals surface area (Å²) < 4.78 is 5.11. The highest BCUT2D eigenvalue weighted by Gasteiger charge is 2.39. The monoisotopic (exact) mass is 331 g/mol. The first-order chi connectivity index (χ1) is 11.6. The quantitative estimate of drug-likeness (QED) is 0.809. The molecule has 0 aromatic heterocycles. The third-order valence-corrected chi connectivity index (χ3v) is 4.55. The maximum absolute atomic E-state index is 12.4. The number of nitrogens with one attached hydrogen (secondary N) is 1. The van der Waals surface area contributed by atoms with Crippen molar-refractivity contribution < 1.29 is 19.1 Å². The molecular weight excluding hydrogens is 310 g/mol. The van der Waals surface area contributed by atoms with Gasteiger partial charge in [0.1, 0.15) is 5.75 Å². The van der Waals surface area contributed by atoms with Crippen LogP contribution in [0.25, 0.3) is 0 Å². The number of amides is 4. The molecule has 2 saturated heterocycles. The first-order valence-corrected chi connectivity index (χ1v) is 8.09. The Kier molecular flexibility index (Phi) is 4.69. The lowest BCUT2D eigenvalue weighted by atomic mass is 10.1. The van der Waals surface area contributed by atoms with Gasteiger partial charge in [0.2, 0.25) is 11.8 Å². The maximum atomic E-state index is 12.4. The van der Waals surface area contributed by atoms with Crippen molar-refractivity contribution in [1.29, 1.82) is 0 Å². The van der Waals surface area contributed by atoms with E-state index in [0.29, 0.717) is 32.4 Å². The second kappa shape index (κ2) is 6.90. The van der Waals surface area contributed by atoms with Gasteiger partial charge >= 0.3 is 6.03 Å². The van der Waals surface area contributed by atoms with Crippen molar-refractivity contribution in [2.24, 2.45) is 0 Å². The van der Waals surface area contributed by atoms with Gasteiger partial charge in [-0.05, 0) is 30.5 Å². The van der Waals surface area contributed by atoms with Crippen molar-refractivity contribution in [3.63, 3.8) is 0 Å². The van der Waals surface area contributed by atoms with Gasteiger partial charge in [0.15, 0.2) is 0 Å². The molecule has 1 aromatic carbocycles. The van der Waals surface area contributed by atoms with Crippen LogP contribution < -0.4 is 10.1 Å². The summed E-state index contributed by atoms with van der Waals surface area (Å²) in [5.74, 6) is 0.638. The highest BCUT2D eigenvalue weighted by molar-refractivity contribution is 6.02. The average Bonchev–Trinajstić information content (AvgIpc) is 3.20. The second-order valence-electron chi connectivity index (χ2n) is 6.05. The highest BCUT2D eigenvalue weighted by atomic mass is 16.5. The van der Waals surface area contributed by atoms with Crippen LogP contribution in [-0.4, -0.2) is 60.4 Å². The minimum Gasteiger partial charge on any atom is -0.497 e. The minimum atomic E-state index is -0.350. The van der Waals surface area contributed by atoms with Crippen molar-refractivity contribution in [1.82, 2.24) is 15.1 Å². The molecule has 2 aliphatic heterocycles. The van der Waals surface area contributed by atoms with E-state index in [2.05, 4.69) is 5.32 Å². The zero-order valence-electron chi connectivity index (χ0n) is 13.7. The Bertz CT molecular complexity index is 628. The van der Waals surface area contributed by atoms with Crippen molar-refractivity contribution >= 4 is 17.8 Å². The van der Waals surface area contributed by atoms with Crippen molar-refractivity contribution in [3.8, 4) is 5.75 Å². The number of carbonyl (C=O) groups is 3. The van der Waals surface area contributed by atoms with E-state index in [0.717, 1.165) is 11.3 Å². The fourth-order valence-electron chi connectivity index (χ4n) is 3.18. The van der Waals surface area contributed by atoms with Crippen LogP contribution in [0.4, 0.5) is 4.79 Å². The van der Waals surface area contributed by atoms with E-state index in [1.165, 1.54) is 4.90 Å². The molecule has 7 heteroatoms. The summed E-state index contributed by atoms with van der Waals surface area (Å²) in [6.07, 6.45) is 1.72. The summed E-state index contributed by atoms with van der Waals surface area (Å²) in [6, 6.07) is 7.10. The number of likely N-dealkylation sites (tertiary alicyclic amines) is 1. The van der Waals surface area contributed by atoms with Gasteiger partial charge in [-0.1, -0.05) is 12.1 Å². The maximum Gasteiger partial charge on any atom is 0.324 e. The second-order valence-corrected chi connectivity index (χ2v) is 6.05. The number of methoxy groups -OCH3 is 1. The number of carbonyl (C=O) groups excluding carboxylic acids is 3. The van der Waals surface area contributed by atoms with Gasteiger partial charge in [-0.2, -0.15) is 0 Å². The highest BCUT2D eigenvalue weighted by Crippen LogP contribution is 2.20. The third-order valence-electron chi connectivity index (χ3n) is 4.55. The van der Waals surface area contributed by atoms with Crippen LogP contribution in [0.2, 0.25) is 0 Å². The molecule has 1 unspecified atom stereocenters. The van der Waals surface area contributed by atoms with Gasteiger partial charge in [0.05, 0.1) is 19.7 Å². The number of hydrogen-bond donors (Lipinski definition) is 1. The zero-order valence-corrected chi connectivity index (χ0v) is 13.7. The number of nitrogens with zero attached hydrogens (tertiary/aromatic N) is 2. The molecule has 1 N–H and O–H groups in total. The summed E-state index contributed by atoms with van der Waals surface area (Å²) in [4.78, 5) is 38.8. The lowest BCUT2D eigenvalue weighted by molar-refractivity contribution is -0.131. The van der Waals surface area contributed by atoms with Crippen LogP contribution in [-0.2, 0) is 16.0 Å². The summed E-state index contributed by atoms with van der Waals surface area (Å²) in [5.41, 5.74) is 1.08. The Hall–Kier alpha value is -2.57. The van der Waals surface area contributed by atoms with E-state index in [4.69, 9.17) is 4.74 Å². The molecule has 1 atom stereocenters. The minimum absolute atomic E-state index is 0.0559. The molecule has 2 heterocycles. The van der Waals surface area contributed by atoms with Gasteiger partial charge in [0, 0.05) is 19.5 Å². The molecule has 0 radical (unpaired) electrons. The van der Waals surface area contributed by atoms with Crippen molar-refractivity contribution in [2.45, 2.75) is 25.3 Å². The number of benzene rings is 1. The number of aryl methyl sites for hydroxylation is 1. The largest absolute Gasteiger partial charge is 0.497 e. The first kappa shape index (κ1) is 16.3. The SMILES string of the molecule is COc1ccc(CCC(=O)N2CCC(N3C(=O)CNC3=O)C2)cc1. The van der Waals surface area contributed by atoms with Gasteiger partial charge in [-0.25, -0.2) is 4.79 Å². The molecule has 0 aliphatic carbocycles. The van der Waals surface area contributed by atoms with E-state index in [9.17, 15) is 14.4 Å². The van der Waals surface area contributed by atoms with E-state index < -0.39 is 0 Å². The molecule has 3 rings (SSSR count). The molecule has 2 fully saturated rings. The van der Waals surface area contributed by atoms with E-state index in [1.807, 2.05) is 24.3 Å². The summed E-state index contributed by atoms with van der Waals surface area (Å²) in [6.45, 7) is 1.07. The van der Waals surface area contributed by atoms with Gasteiger partial charge in [-0.3, -0.25) is 14.5 Å². The lowest BCUT2D eigenvalue weighted by Gasteiger charge is -2.21. The summed E-state index contributed by atoms with van der Waals surface area (Å²) >= 11 is 0. The Labute approximate surface area is 140 Å². The van der Waals surface area contributed by atoms with E-state index >= 15 is 0 Å². The van der Waals surface area contributed by atoms with Crippen LogP contribution >= 0.6 is 0 Å². The Balaban J connectivity index is 1.51. The van der Waals surface area contributed by atoms with Crippen LogP contribution in [0.1, 0.15) is 18.4 Å². The van der Waals surface area contributed by atoms with E-state index in [1.54, 1.807) is 12.0 Å². The van der Waals surface area contributed by atoms with Crippen LogP contribution in [0.5, 0.6) is 5.75 Å². The number of urea groups is 1. The fraction of sp³-hybridized carbons (Fsp3) is 0.471. The molecule has 2 aliphatic rings. The molecule has 0 saturated carbocycles. The lowest BCUT2D eigenvalue weighted by Crippen LogP contribution is -2.42. The molecule has 1 aromatic rings. The first-order valence-electron chi connectivity index (χ1n) is 8.09. The van der Waals surface area contributed by atoms with Crippen LogP contribution in [0, 0.1) is 0 Å². The number of ether oxygens (including phenoxy) is 1. The molecule has 4 amide bonds. The Morgan fingerprint density at radius 2 is 2.04 bits per heavy atom. The molecule has 0 bridgehead atoms. The zero-order chi connectivity index (χ0) is 17.1. The predicted octanol–water partition coefficient (Wildman–Crippen LogP) is 0.780. The van der Waals surface area contributed by atoms with Gasteiger partial charge in [-0.15, -0.1) is 0 Å². The van der Waals surface area contributed by atoms with Crippen LogP contribution in [0.3, 0.4) is 0 Å². The van der Waals surface area contributed by atoms with Gasteiger partial charge < -0.3 is 15.0 Å². The third kappa shape index (κ3) is 3.34.